The molecule has 0 saturated heterocycles. The average molecular weight is 323 g/mol. The zero-order valence-electron chi connectivity index (χ0n) is 10.6. The molecule has 2 rings (SSSR count). The highest BCUT2D eigenvalue weighted by Gasteiger charge is 2.31. The Kier molecular flexibility index (Phi) is 4.16. The number of rotatable bonds is 3. The van der Waals surface area contributed by atoms with Crippen LogP contribution in [0.2, 0.25) is 0 Å². The molecule has 0 aliphatic rings. The largest absolute Gasteiger partial charge is 0.573 e. The van der Waals surface area contributed by atoms with Crippen LogP contribution in [0.4, 0.5) is 26.3 Å². The maximum absolute atomic E-state index is 12.5. The Morgan fingerprint density at radius 1 is 0.818 bits per heavy atom. The molecule has 1 heterocycles. The van der Waals surface area contributed by atoms with E-state index in [2.05, 4.69) is 9.72 Å². The quantitative estimate of drug-likeness (QED) is 0.761. The first-order valence-corrected chi connectivity index (χ1v) is 5.70. The molecular weight excluding hydrogens is 316 g/mol. The fourth-order valence-corrected chi connectivity index (χ4v) is 1.47. The first-order chi connectivity index (χ1) is 10.1. The van der Waals surface area contributed by atoms with Crippen molar-refractivity contribution in [1.82, 2.24) is 4.98 Å². The maximum atomic E-state index is 12.5. The van der Waals surface area contributed by atoms with Crippen molar-refractivity contribution in [2.45, 2.75) is 12.5 Å². The van der Waals surface area contributed by atoms with Crippen LogP contribution in [0.25, 0.3) is 0 Å². The minimum Gasteiger partial charge on any atom is -0.439 e. The predicted molar refractivity (Wildman–Crippen MR) is 62.4 cm³/mol. The van der Waals surface area contributed by atoms with Gasteiger partial charge >= 0.3 is 12.5 Å². The normalized spacial score (nSPS) is 12.1. The molecule has 9 heteroatoms. The fraction of sp³-hybridized carbons (Fsp3) is 0.154. The molecule has 0 saturated carbocycles. The lowest BCUT2D eigenvalue weighted by atomic mass is 10.2. The van der Waals surface area contributed by atoms with Gasteiger partial charge in [0.1, 0.15) is 11.5 Å². The summed E-state index contributed by atoms with van der Waals surface area (Å²) in [5.74, 6) is -0.794. The monoisotopic (exact) mass is 323 g/mol. The summed E-state index contributed by atoms with van der Waals surface area (Å²) in [6, 6.07) is 5.62. The van der Waals surface area contributed by atoms with Crippen molar-refractivity contribution in [3.05, 3.63) is 48.2 Å². The van der Waals surface area contributed by atoms with Gasteiger partial charge in [-0.25, -0.2) is 4.98 Å². The van der Waals surface area contributed by atoms with Crippen molar-refractivity contribution in [3.8, 4) is 17.4 Å². The Morgan fingerprint density at radius 2 is 1.41 bits per heavy atom. The minimum atomic E-state index is -4.83. The number of hydrogen-bond donors (Lipinski definition) is 0. The number of aromatic nitrogens is 1. The maximum Gasteiger partial charge on any atom is 0.573 e. The van der Waals surface area contributed by atoms with Crippen molar-refractivity contribution in [2.75, 3.05) is 0 Å². The van der Waals surface area contributed by atoms with E-state index in [9.17, 15) is 26.3 Å². The van der Waals surface area contributed by atoms with E-state index in [1.54, 1.807) is 0 Å². The van der Waals surface area contributed by atoms with Crippen LogP contribution in [-0.4, -0.2) is 11.3 Å². The molecule has 1 aromatic carbocycles. The van der Waals surface area contributed by atoms with Crippen LogP contribution in [0, 0.1) is 0 Å². The Balaban J connectivity index is 2.11. The molecule has 0 N–H and O–H groups in total. The third-order valence-electron chi connectivity index (χ3n) is 2.34. The summed E-state index contributed by atoms with van der Waals surface area (Å²) in [6.07, 6.45) is -8.46. The molecule has 3 nitrogen and oxygen atoms in total. The topological polar surface area (TPSA) is 31.4 Å². The van der Waals surface area contributed by atoms with E-state index in [1.807, 2.05) is 0 Å². The molecule has 0 spiro atoms. The highest BCUT2D eigenvalue weighted by Crippen LogP contribution is 2.32. The van der Waals surface area contributed by atoms with Crippen molar-refractivity contribution < 1.29 is 35.8 Å². The summed E-state index contributed by atoms with van der Waals surface area (Å²) in [6.45, 7) is 0. The highest BCUT2D eigenvalue weighted by atomic mass is 19.4. The molecule has 0 fully saturated rings. The Hall–Kier alpha value is -2.45. The molecule has 0 radical (unpaired) electrons. The lowest BCUT2D eigenvalue weighted by Crippen LogP contribution is -2.16. The molecule has 1 aromatic heterocycles. The minimum absolute atomic E-state index is 0.0151. The molecule has 0 unspecified atom stereocenters. The van der Waals surface area contributed by atoms with Gasteiger partial charge in [0.2, 0.25) is 5.88 Å². The molecule has 2 aromatic rings. The number of hydrogen-bond acceptors (Lipinski definition) is 3. The molecule has 0 aliphatic heterocycles. The van der Waals surface area contributed by atoms with Gasteiger partial charge in [0, 0.05) is 12.3 Å². The second-order valence-electron chi connectivity index (χ2n) is 4.00. The van der Waals surface area contributed by atoms with Gasteiger partial charge in [0.25, 0.3) is 0 Å². The van der Waals surface area contributed by atoms with E-state index in [-0.39, 0.29) is 11.6 Å². The van der Waals surface area contributed by atoms with Gasteiger partial charge in [-0.05, 0) is 30.3 Å². The Bertz CT molecular complexity index is 636. The molecule has 22 heavy (non-hydrogen) atoms. The van der Waals surface area contributed by atoms with Crippen LogP contribution in [-0.2, 0) is 6.18 Å². The fourth-order valence-electron chi connectivity index (χ4n) is 1.47. The van der Waals surface area contributed by atoms with Gasteiger partial charge in [-0.1, -0.05) is 0 Å². The molecule has 0 atom stereocenters. The SMILES string of the molecule is FC(F)(F)Oc1ccc(Oc2cc(C(F)(F)F)ccn2)cc1. The number of ether oxygens (including phenoxy) is 2. The van der Waals surface area contributed by atoms with Gasteiger partial charge in [-0.3, -0.25) is 0 Å². The third kappa shape index (κ3) is 4.54. The van der Waals surface area contributed by atoms with Crippen molar-refractivity contribution in [2.24, 2.45) is 0 Å². The van der Waals surface area contributed by atoms with E-state index >= 15 is 0 Å². The van der Waals surface area contributed by atoms with Crippen molar-refractivity contribution in [1.29, 1.82) is 0 Å². The number of nitrogens with zero attached hydrogens (tertiary/aromatic N) is 1. The average Bonchev–Trinajstić information content (AvgIpc) is 2.39. The number of alkyl halides is 6. The van der Waals surface area contributed by atoms with E-state index in [0.717, 1.165) is 36.5 Å². The lowest BCUT2D eigenvalue weighted by molar-refractivity contribution is -0.274. The van der Waals surface area contributed by atoms with Crippen molar-refractivity contribution >= 4 is 0 Å². The number of pyridine rings is 1. The van der Waals surface area contributed by atoms with Crippen LogP contribution in [0.5, 0.6) is 17.4 Å². The molecular formula is C13H7F6NO2. The van der Waals surface area contributed by atoms with Gasteiger partial charge in [-0.15, -0.1) is 13.2 Å². The summed E-state index contributed by atoms with van der Waals surface area (Å²) in [7, 11) is 0. The second kappa shape index (κ2) is 5.74. The highest BCUT2D eigenvalue weighted by molar-refractivity contribution is 5.34. The molecule has 0 aliphatic carbocycles. The number of benzene rings is 1. The summed E-state index contributed by atoms with van der Waals surface area (Å²) in [5.41, 5.74) is -0.950. The van der Waals surface area contributed by atoms with Crippen LogP contribution >= 0.6 is 0 Å². The smallest absolute Gasteiger partial charge is 0.439 e. The first-order valence-electron chi connectivity index (χ1n) is 5.70. The molecule has 0 amide bonds. The van der Waals surface area contributed by atoms with Crippen LogP contribution in [0.1, 0.15) is 5.56 Å². The standard InChI is InChI=1S/C13H7F6NO2/c14-12(15,16)8-5-6-20-11(7-8)21-9-1-3-10(4-2-9)22-13(17,18)19/h1-7H. The summed E-state index contributed by atoms with van der Waals surface area (Å²) < 4.78 is 82.2. The Labute approximate surface area is 120 Å². The van der Waals surface area contributed by atoms with Gasteiger partial charge in [0.05, 0.1) is 5.56 Å². The zero-order chi connectivity index (χ0) is 16.4. The summed E-state index contributed by atoms with van der Waals surface area (Å²) in [4.78, 5) is 3.60. The van der Waals surface area contributed by atoms with Gasteiger partial charge < -0.3 is 9.47 Å². The van der Waals surface area contributed by atoms with Gasteiger partial charge in [-0.2, -0.15) is 13.2 Å². The second-order valence-corrected chi connectivity index (χ2v) is 4.00. The van der Waals surface area contributed by atoms with Crippen LogP contribution in [0.3, 0.4) is 0 Å². The zero-order valence-corrected chi connectivity index (χ0v) is 10.6. The summed E-state index contributed by atoms with van der Waals surface area (Å²) >= 11 is 0. The van der Waals surface area contributed by atoms with Crippen LogP contribution in [0.15, 0.2) is 42.6 Å². The van der Waals surface area contributed by atoms with E-state index in [0.29, 0.717) is 6.07 Å². The van der Waals surface area contributed by atoms with E-state index in [1.165, 1.54) is 0 Å². The lowest BCUT2D eigenvalue weighted by Gasteiger charge is -2.10. The molecule has 0 bridgehead atoms. The molecule has 118 valence electrons. The Morgan fingerprint density at radius 3 is 1.95 bits per heavy atom. The number of halogens is 6. The van der Waals surface area contributed by atoms with E-state index < -0.39 is 23.9 Å². The summed E-state index contributed by atoms with van der Waals surface area (Å²) in [5, 5.41) is 0. The third-order valence-corrected chi connectivity index (χ3v) is 2.34. The predicted octanol–water partition coefficient (Wildman–Crippen LogP) is 4.79. The first kappa shape index (κ1) is 15.9. The van der Waals surface area contributed by atoms with Crippen LogP contribution < -0.4 is 9.47 Å². The van der Waals surface area contributed by atoms with E-state index in [4.69, 9.17) is 4.74 Å². The van der Waals surface area contributed by atoms with Gasteiger partial charge in [0.15, 0.2) is 0 Å². The van der Waals surface area contributed by atoms with Crippen molar-refractivity contribution in [3.63, 3.8) is 0 Å².